The minimum absolute atomic E-state index is 0.115. The number of anilines is 1. The fourth-order valence-corrected chi connectivity index (χ4v) is 4.85. The van der Waals surface area contributed by atoms with Crippen molar-refractivity contribution in [1.29, 1.82) is 0 Å². The van der Waals surface area contributed by atoms with E-state index in [9.17, 15) is 4.79 Å². The number of nitrogens with zero attached hydrogens (tertiary/aromatic N) is 2. The average Bonchev–Trinajstić information content (AvgIpc) is 3.36. The SMILES string of the molecule is Cc1nc(CSc2ccc(C(=O)N3CCC(Nc4ccccc4)C3)cc2)cs1. The number of benzene rings is 2. The number of rotatable bonds is 6. The number of hydrogen-bond acceptors (Lipinski definition) is 5. The number of thioether (sulfide) groups is 1. The van der Waals surface area contributed by atoms with Gasteiger partial charge < -0.3 is 10.2 Å². The molecule has 0 aliphatic carbocycles. The van der Waals surface area contributed by atoms with Gasteiger partial charge in [-0.3, -0.25) is 4.79 Å². The maximum Gasteiger partial charge on any atom is 0.253 e. The number of aromatic nitrogens is 1. The molecule has 6 heteroatoms. The molecule has 1 aromatic heterocycles. The first-order valence-corrected chi connectivity index (χ1v) is 11.3. The summed E-state index contributed by atoms with van der Waals surface area (Å²) < 4.78 is 0. The molecule has 1 unspecified atom stereocenters. The Morgan fingerprint density at radius 1 is 1.21 bits per heavy atom. The summed E-state index contributed by atoms with van der Waals surface area (Å²) in [6, 6.07) is 18.4. The second kappa shape index (κ2) is 8.80. The third-order valence-corrected chi connectivity index (χ3v) is 6.64. The van der Waals surface area contributed by atoms with E-state index in [2.05, 4.69) is 27.8 Å². The quantitative estimate of drug-likeness (QED) is 0.577. The van der Waals surface area contributed by atoms with E-state index >= 15 is 0 Å². The number of nitrogens with one attached hydrogen (secondary N) is 1. The van der Waals surface area contributed by atoms with Gasteiger partial charge in [-0.1, -0.05) is 18.2 Å². The Bertz CT molecular complexity index is 924. The Morgan fingerprint density at radius 2 is 2.00 bits per heavy atom. The van der Waals surface area contributed by atoms with E-state index in [1.54, 1.807) is 23.1 Å². The molecule has 1 fully saturated rings. The van der Waals surface area contributed by atoms with Crippen molar-refractivity contribution >= 4 is 34.7 Å². The fourth-order valence-electron chi connectivity index (χ4n) is 3.34. The normalized spacial score (nSPS) is 16.3. The highest BCUT2D eigenvalue weighted by atomic mass is 32.2. The summed E-state index contributed by atoms with van der Waals surface area (Å²) in [5.74, 6) is 0.973. The third kappa shape index (κ3) is 4.75. The van der Waals surface area contributed by atoms with E-state index in [-0.39, 0.29) is 5.91 Å². The first kappa shape index (κ1) is 19.0. The van der Waals surface area contributed by atoms with Gasteiger partial charge in [-0.15, -0.1) is 23.1 Å². The van der Waals surface area contributed by atoms with Gasteiger partial charge in [-0.05, 0) is 49.7 Å². The van der Waals surface area contributed by atoms with Crippen LogP contribution in [0.15, 0.2) is 64.9 Å². The van der Waals surface area contributed by atoms with Crippen molar-refractivity contribution in [3.05, 3.63) is 76.2 Å². The molecule has 2 heterocycles. The second-order valence-electron chi connectivity index (χ2n) is 6.92. The van der Waals surface area contributed by atoms with Crippen LogP contribution in [0.3, 0.4) is 0 Å². The molecule has 1 saturated heterocycles. The van der Waals surface area contributed by atoms with Gasteiger partial charge in [-0.25, -0.2) is 4.98 Å². The number of aryl methyl sites for hydroxylation is 1. The summed E-state index contributed by atoms with van der Waals surface area (Å²) >= 11 is 3.43. The smallest absolute Gasteiger partial charge is 0.253 e. The van der Waals surface area contributed by atoms with Crippen molar-refractivity contribution in [3.8, 4) is 0 Å². The lowest BCUT2D eigenvalue weighted by Gasteiger charge is -2.18. The molecule has 1 aliphatic heterocycles. The van der Waals surface area contributed by atoms with Crippen molar-refractivity contribution in [2.75, 3.05) is 18.4 Å². The summed E-state index contributed by atoms with van der Waals surface area (Å²) in [4.78, 5) is 20.4. The van der Waals surface area contributed by atoms with E-state index in [0.717, 1.165) is 52.1 Å². The highest BCUT2D eigenvalue weighted by Crippen LogP contribution is 2.25. The Morgan fingerprint density at radius 3 is 2.71 bits per heavy atom. The number of para-hydroxylation sites is 1. The molecule has 1 aliphatic rings. The molecule has 1 N–H and O–H groups in total. The zero-order chi connectivity index (χ0) is 19.3. The molecule has 4 rings (SSSR count). The summed E-state index contributed by atoms with van der Waals surface area (Å²) in [5, 5.41) is 6.72. The van der Waals surface area contributed by atoms with Gasteiger partial charge in [0.05, 0.1) is 10.7 Å². The van der Waals surface area contributed by atoms with Crippen molar-refractivity contribution in [3.63, 3.8) is 0 Å². The van der Waals surface area contributed by atoms with Crippen LogP contribution >= 0.6 is 23.1 Å². The van der Waals surface area contributed by atoms with Crippen LogP contribution in [0.1, 0.15) is 27.5 Å². The largest absolute Gasteiger partial charge is 0.380 e. The van der Waals surface area contributed by atoms with Gasteiger partial charge in [0.15, 0.2) is 0 Å². The van der Waals surface area contributed by atoms with Gasteiger partial charge in [0.1, 0.15) is 0 Å². The number of hydrogen-bond donors (Lipinski definition) is 1. The van der Waals surface area contributed by atoms with Crippen molar-refractivity contribution in [2.45, 2.75) is 30.0 Å². The minimum Gasteiger partial charge on any atom is -0.380 e. The van der Waals surface area contributed by atoms with Crippen LogP contribution in [0.4, 0.5) is 5.69 Å². The van der Waals surface area contributed by atoms with Gasteiger partial charge in [0.25, 0.3) is 5.91 Å². The van der Waals surface area contributed by atoms with Crippen molar-refractivity contribution in [1.82, 2.24) is 9.88 Å². The molecule has 0 spiro atoms. The topological polar surface area (TPSA) is 45.2 Å². The standard InChI is InChI=1S/C22H23N3OS2/c1-16-23-20(14-27-16)15-28-21-9-7-17(8-10-21)22(26)25-12-11-19(13-25)24-18-5-3-2-4-6-18/h2-10,14,19,24H,11-13,15H2,1H3. The molecule has 1 atom stereocenters. The first-order chi connectivity index (χ1) is 13.7. The summed E-state index contributed by atoms with van der Waals surface area (Å²) in [5.41, 5.74) is 2.98. The summed E-state index contributed by atoms with van der Waals surface area (Å²) in [6.45, 7) is 3.56. The van der Waals surface area contributed by atoms with Crippen LogP contribution in [-0.4, -0.2) is 34.9 Å². The zero-order valence-electron chi connectivity index (χ0n) is 15.8. The molecule has 4 nitrogen and oxygen atoms in total. The number of thiazole rings is 1. The third-order valence-electron chi connectivity index (χ3n) is 4.77. The highest BCUT2D eigenvalue weighted by Gasteiger charge is 2.26. The Hall–Kier alpha value is -2.31. The van der Waals surface area contributed by atoms with Gasteiger partial charge in [0, 0.05) is 46.4 Å². The number of carbonyl (C=O) groups excluding carboxylic acids is 1. The number of amides is 1. The monoisotopic (exact) mass is 409 g/mol. The Labute approximate surface area is 174 Å². The maximum absolute atomic E-state index is 12.8. The fraction of sp³-hybridized carbons (Fsp3) is 0.273. The number of likely N-dealkylation sites (tertiary alicyclic amines) is 1. The van der Waals surface area contributed by atoms with Crippen LogP contribution in [0.25, 0.3) is 0 Å². The van der Waals surface area contributed by atoms with E-state index < -0.39 is 0 Å². The lowest BCUT2D eigenvalue weighted by molar-refractivity contribution is 0.0791. The Balaban J connectivity index is 1.31. The summed E-state index contributed by atoms with van der Waals surface area (Å²) in [6.07, 6.45) is 0.974. The van der Waals surface area contributed by atoms with Crippen molar-refractivity contribution in [2.24, 2.45) is 0 Å². The van der Waals surface area contributed by atoms with Crippen molar-refractivity contribution < 1.29 is 4.79 Å². The van der Waals surface area contributed by atoms with Crippen LogP contribution in [0.2, 0.25) is 0 Å². The predicted octanol–water partition coefficient (Wildman–Crippen LogP) is 5.07. The molecular formula is C22H23N3OS2. The van der Waals surface area contributed by atoms with Crippen LogP contribution < -0.4 is 5.32 Å². The van der Waals surface area contributed by atoms with Gasteiger partial charge >= 0.3 is 0 Å². The second-order valence-corrected chi connectivity index (χ2v) is 9.03. The molecule has 28 heavy (non-hydrogen) atoms. The molecule has 0 saturated carbocycles. The van der Waals surface area contributed by atoms with Crippen LogP contribution in [0, 0.1) is 6.92 Å². The number of carbonyl (C=O) groups is 1. The molecule has 3 aromatic rings. The molecule has 0 radical (unpaired) electrons. The van der Waals surface area contributed by atoms with E-state index in [1.807, 2.05) is 54.3 Å². The average molecular weight is 410 g/mol. The van der Waals surface area contributed by atoms with Crippen LogP contribution in [-0.2, 0) is 5.75 Å². The lowest BCUT2D eigenvalue weighted by Crippen LogP contribution is -2.31. The highest BCUT2D eigenvalue weighted by molar-refractivity contribution is 7.98. The van der Waals surface area contributed by atoms with E-state index in [0.29, 0.717) is 6.04 Å². The first-order valence-electron chi connectivity index (χ1n) is 9.42. The van der Waals surface area contributed by atoms with E-state index in [4.69, 9.17) is 0 Å². The van der Waals surface area contributed by atoms with Gasteiger partial charge in [0.2, 0.25) is 0 Å². The molecule has 1 amide bonds. The van der Waals surface area contributed by atoms with E-state index in [1.165, 1.54) is 0 Å². The minimum atomic E-state index is 0.115. The lowest BCUT2D eigenvalue weighted by atomic mass is 10.2. The molecule has 2 aromatic carbocycles. The maximum atomic E-state index is 12.8. The van der Waals surface area contributed by atoms with Gasteiger partial charge in [-0.2, -0.15) is 0 Å². The predicted molar refractivity (Wildman–Crippen MR) is 117 cm³/mol. The molecule has 0 bridgehead atoms. The summed E-state index contributed by atoms with van der Waals surface area (Å²) in [7, 11) is 0. The molecular weight excluding hydrogens is 386 g/mol. The molecule has 144 valence electrons. The Kier molecular flexibility index (Phi) is 5.98. The zero-order valence-corrected chi connectivity index (χ0v) is 17.4. The van der Waals surface area contributed by atoms with Crippen LogP contribution in [0.5, 0.6) is 0 Å².